The Labute approximate surface area is 164 Å². The lowest BCUT2D eigenvalue weighted by molar-refractivity contribution is 1.59. The highest BCUT2D eigenvalue weighted by molar-refractivity contribution is 6.11. The van der Waals surface area contributed by atoms with E-state index in [1.165, 1.54) is 55.0 Å². The Balaban J connectivity index is 1.71. The zero-order chi connectivity index (χ0) is 18.5. The lowest BCUT2D eigenvalue weighted by Crippen LogP contribution is -1.94. The average Bonchev–Trinajstić information content (AvgIpc) is 3.37. The van der Waals surface area contributed by atoms with Crippen LogP contribution in [0.25, 0.3) is 38.2 Å². The van der Waals surface area contributed by atoms with Crippen molar-refractivity contribution in [3.63, 3.8) is 0 Å². The molecule has 28 heavy (non-hydrogen) atoms. The molecule has 0 unspecified atom stereocenters. The number of benzene rings is 4. The fourth-order valence-corrected chi connectivity index (χ4v) is 4.55. The predicted molar refractivity (Wildman–Crippen MR) is 120 cm³/mol. The van der Waals surface area contributed by atoms with E-state index in [0.29, 0.717) is 0 Å². The highest BCUT2D eigenvalue weighted by Gasteiger charge is 2.22. The Bertz CT molecular complexity index is 1390. The molecule has 0 heterocycles. The van der Waals surface area contributed by atoms with Crippen LogP contribution in [0.1, 0.15) is 5.56 Å². The van der Waals surface area contributed by atoms with Crippen LogP contribution >= 0.6 is 0 Å². The standard InChI is InChI=1S/C28H18/c1-3-11-23-19(7-1)9-6-14-26(23)28-24-12-4-2-8-21(24)16-18-27(28)25-17-15-20-10-5-13-22(20)25/h1-18H. The molecule has 4 aromatic carbocycles. The van der Waals surface area contributed by atoms with Gasteiger partial charge in [0.1, 0.15) is 0 Å². The normalized spacial score (nSPS) is 14.9. The predicted octanol–water partition coefficient (Wildman–Crippen LogP) is 7.48. The average molecular weight is 354 g/mol. The van der Waals surface area contributed by atoms with Gasteiger partial charge in [-0.1, -0.05) is 109 Å². The molecule has 6 rings (SSSR count). The fourth-order valence-electron chi connectivity index (χ4n) is 4.55. The molecular formula is C28H18. The van der Waals surface area contributed by atoms with E-state index in [4.69, 9.17) is 0 Å². The first-order chi connectivity index (χ1) is 13.9. The molecule has 0 bridgehead atoms. The molecule has 0 heteroatoms. The van der Waals surface area contributed by atoms with Crippen LogP contribution in [0.3, 0.4) is 0 Å². The summed E-state index contributed by atoms with van der Waals surface area (Å²) in [4.78, 5) is 0. The van der Waals surface area contributed by atoms with Crippen molar-refractivity contribution in [2.45, 2.75) is 0 Å². The molecule has 0 spiro atoms. The summed E-state index contributed by atoms with van der Waals surface area (Å²) in [5.74, 6) is 0. The lowest BCUT2D eigenvalue weighted by atomic mass is 9.85. The van der Waals surface area contributed by atoms with Crippen molar-refractivity contribution in [3.8, 4) is 11.1 Å². The molecule has 4 aromatic rings. The highest BCUT2D eigenvalue weighted by atomic mass is 14.3. The van der Waals surface area contributed by atoms with Crippen LogP contribution in [0.15, 0.2) is 120 Å². The molecule has 0 N–H and O–H groups in total. The first kappa shape index (κ1) is 15.4. The van der Waals surface area contributed by atoms with Gasteiger partial charge >= 0.3 is 0 Å². The van der Waals surface area contributed by atoms with Crippen molar-refractivity contribution in [2.75, 3.05) is 0 Å². The quantitative estimate of drug-likeness (QED) is 0.350. The number of rotatable bonds is 2. The van der Waals surface area contributed by atoms with Crippen molar-refractivity contribution in [1.29, 1.82) is 0 Å². The molecule has 0 aliphatic heterocycles. The van der Waals surface area contributed by atoms with Gasteiger partial charge in [0.15, 0.2) is 0 Å². The zero-order valence-electron chi connectivity index (χ0n) is 15.4. The van der Waals surface area contributed by atoms with Gasteiger partial charge in [-0.05, 0) is 55.0 Å². The first-order valence-electron chi connectivity index (χ1n) is 9.71. The molecule has 0 saturated heterocycles. The van der Waals surface area contributed by atoms with Crippen molar-refractivity contribution in [1.82, 2.24) is 0 Å². The van der Waals surface area contributed by atoms with Crippen LogP contribution in [-0.4, -0.2) is 0 Å². The van der Waals surface area contributed by atoms with E-state index >= 15 is 0 Å². The molecule has 0 saturated carbocycles. The smallest absolute Gasteiger partial charge is 0.00204 e. The zero-order valence-corrected chi connectivity index (χ0v) is 15.4. The summed E-state index contributed by atoms with van der Waals surface area (Å²) in [5, 5.41) is 5.16. The van der Waals surface area contributed by atoms with E-state index in [-0.39, 0.29) is 0 Å². The molecular weight excluding hydrogens is 336 g/mol. The highest BCUT2D eigenvalue weighted by Crippen LogP contribution is 2.44. The summed E-state index contributed by atoms with van der Waals surface area (Å²) < 4.78 is 0. The molecule has 0 atom stereocenters. The van der Waals surface area contributed by atoms with E-state index < -0.39 is 0 Å². The minimum absolute atomic E-state index is 1.28. The summed E-state index contributed by atoms with van der Waals surface area (Å²) in [7, 11) is 0. The lowest BCUT2D eigenvalue weighted by Gasteiger charge is -2.17. The molecule has 2 aliphatic rings. The Hall–Kier alpha value is -3.64. The Morgan fingerprint density at radius 2 is 1.21 bits per heavy atom. The van der Waals surface area contributed by atoms with Gasteiger partial charge in [0.25, 0.3) is 0 Å². The maximum absolute atomic E-state index is 2.29. The molecule has 0 radical (unpaired) electrons. The number of hydrogen-bond acceptors (Lipinski definition) is 0. The van der Waals surface area contributed by atoms with Crippen molar-refractivity contribution in [2.24, 2.45) is 0 Å². The van der Waals surface area contributed by atoms with E-state index in [2.05, 4.69) is 109 Å². The van der Waals surface area contributed by atoms with E-state index in [9.17, 15) is 0 Å². The van der Waals surface area contributed by atoms with E-state index in [1.807, 2.05) is 0 Å². The summed E-state index contributed by atoms with van der Waals surface area (Å²) in [5.41, 5.74) is 7.88. The fraction of sp³-hybridized carbons (Fsp3) is 0. The van der Waals surface area contributed by atoms with Crippen LogP contribution < -0.4 is 0 Å². The molecule has 0 nitrogen and oxygen atoms in total. The third-order valence-electron chi connectivity index (χ3n) is 5.85. The minimum atomic E-state index is 1.28. The monoisotopic (exact) mass is 354 g/mol. The van der Waals surface area contributed by atoms with Gasteiger partial charge in [0.2, 0.25) is 0 Å². The van der Waals surface area contributed by atoms with Gasteiger partial charge in [-0.15, -0.1) is 0 Å². The summed E-state index contributed by atoms with van der Waals surface area (Å²) in [6.45, 7) is 0. The summed E-state index contributed by atoms with van der Waals surface area (Å²) >= 11 is 0. The Kier molecular flexibility index (Phi) is 3.27. The van der Waals surface area contributed by atoms with Crippen LogP contribution in [0.2, 0.25) is 0 Å². The molecule has 0 amide bonds. The van der Waals surface area contributed by atoms with Gasteiger partial charge in [-0.2, -0.15) is 0 Å². The van der Waals surface area contributed by atoms with Crippen molar-refractivity contribution >= 4 is 27.1 Å². The van der Waals surface area contributed by atoms with Crippen LogP contribution in [-0.2, 0) is 0 Å². The van der Waals surface area contributed by atoms with Gasteiger partial charge < -0.3 is 0 Å². The third kappa shape index (κ3) is 2.18. The maximum Gasteiger partial charge on any atom is -0.00204 e. The number of allylic oxidation sites excluding steroid dienone is 8. The molecule has 0 fully saturated rings. The summed E-state index contributed by atoms with van der Waals surface area (Å²) in [6.07, 6.45) is 11.1. The Morgan fingerprint density at radius 3 is 2.11 bits per heavy atom. The van der Waals surface area contributed by atoms with E-state index in [0.717, 1.165) is 0 Å². The molecule has 130 valence electrons. The SMILES string of the molecule is C1=CC2=CC=C(c3ccc4ccccc4c3-c3cccc4ccccc34)C2=C1. The number of hydrogen-bond donors (Lipinski definition) is 0. The van der Waals surface area contributed by atoms with Crippen LogP contribution in [0.5, 0.6) is 0 Å². The summed E-state index contributed by atoms with van der Waals surface area (Å²) in [6, 6.07) is 28.6. The van der Waals surface area contributed by atoms with E-state index in [1.54, 1.807) is 0 Å². The second-order valence-electron chi connectivity index (χ2n) is 7.38. The Morgan fingerprint density at radius 1 is 0.464 bits per heavy atom. The van der Waals surface area contributed by atoms with Gasteiger partial charge in [-0.25, -0.2) is 0 Å². The van der Waals surface area contributed by atoms with Crippen molar-refractivity contribution in [3.05, 3.63) is 126 Å². The maximum atomic E-state index is 2.29. The second-order valence-corrected chi connectivity index (χ2v) is 7.38. The van der Waals surface area contributed by atoms with Gasteiger partial charge in [-0.3, -0.25) is 0 Å². The topological polar surface area (TPSA) is 0 Å². The number of fused-ring (bicyclic) bond motifs is 3. The van der Waals surface area contributed by atoms with Crippen LogP contribution in [0, 0.1) is 0 Å². The largest absolute Gasteiger partial charge is 0.0616 e. The first-order valence-corrected chi connectivity index (χ1v) is 9.71. The third-order valence-corrected chi connectivity index (χ3v) is 5.85. The van der Waals surface area contributed by atoms with Crippen molar-refractivity contribution < 1.29 is 0 Å². The van der Waals surface area contributed by atoms with Gasteiger partial charge in [0, 0.05) is 0 Å². The minimum Gasteiger partial charge on any atom is -0.0616 e. The molecule has 2 aliphatic carbocycles. The van der Waals surface area contributed by atoms with Gasteiger partial charge in [0.05, 0.1) is 0 Å². The molecule has 0 aromatic heterocycles. The second kappa shape index (κ2) is 5.94. The van der Waals surface area contributed by atoms with Crippen LogP contribution in [0.4, 0.5) is 0 Å².